The van der Waals surface area contributed by atoms with Gasteiger partial charge in [-0.2, -0.15) is 0 Å². The summed E-state index contributed by atoms with van der Waals surface area (Å²) in [5.74, 6) is 0.827. The fourth-order valence-electron chi connectivity index (χ4n) is 2.80. The summed E-state index contributed by atoms with van der Waals surface area (Å²) in [7, 11) is 0. The minimum atomic E-state index is 0.300. The number of hydrogen-bond acceptors (Lipinski definition) is 4. The number of rotatable bonds is 2. The molecule has 3 rings (SSSR count). The summed E-state index contributed by atoms with van der Waals surface area (Å²) in [6.07, 6.45) is 9.50. The maximum Gasteiger partial charge on any atom is 0.220 e. The lowest BCUT2D eigenvalue weighted by Crippen LogP contribution is -2.32. The average Bonchev–Trinajstić information content (AvgIpc) is 2.81. The summed E-state index contributed by atoms with van der Waals surface area (Å²) >= 11 is 0. The van der Waals surface area contributed by atoms with Gasteiger partial charge < -0.3 is 10.5 Å². The summed E-state index contributed by atoms with van der Waals surface area (Å²) in [4.78, 5) is 8.61. The molecule has 1 heterocycles. The van der Waals surface area contributed by atoms with Crippen molar-refractivity contribution in [1.29, 1.82) is 0 Å². The lowest BCUT2D eigenvalue weighted by atomic mass is 9.94. The summed E-state index contributed by atoms with van der Waals surface area (Å²) < 4.78 is 6.04. The van der Waals surface area contributed by atoms with Crippen LogP contribution < -0.4 is 10.5 Å². The van der Waals surface area contributed by atoms with Crippen molar-refractivity contribution in [1.82, 2.24) is 9.97 Å². The molecular weight excluding hydrogens is 214 g/mol. The fourth-order valence-corrected chi connectivity index (χ4v) is 2.80. The Hall–Kier alpha value is -1.16. The number of aryl methyl sites for hydroxylation is 1. The minimum Gasteiger partial charge on any atom is -0.474 e. The monoisotopic (exact) mass is 233 g/mol. The summed E-state index contributed by atoms with van der Waals surface area (Å²) in [5.41, 5.74) is 8.32. The van der Waals surface area contributed by atoms with Crippen molar-refractivity contribution in [3.05, 3.63) is 17.6 Å². The van der Waals surface area contributed by atoms with E-state index >= 15 is 0 Å². The normalized spacial score (nSPS) is 27.8. The van der Waals surface area contributed by atoms with Crippen molar-refractivity contribution in [2.75, 3.05) is 0 Å². The molecule has 1 fully saturated rings. The molecule has 1 aromatic heterocycles. The zero-order chi connectivity index (χ0) is 11.7. The van der Waals surface area contributed by atoms with E-state index in [-0.39, 0.29) is 0 Å². The molecule has 0 aliphatic heterocycles. The Balaban J connectivity index is 1.71. The van der Waals surface area contributed by atoms with Crippen LogP contribution in [0, 0.1) is 0 Å². The summed E-state index contributed by atoms with van der Waals surface area (Å²) in [6.45, 7) is 0. The van der Waals surface area contributed by atoms with Crippen molar-refractivity contribution >= 4 is 0 Å². The van der Waals surface area contributed by atoms with Gasteiger partial charge in [0.1, 0.15) is 12.4 Å². The van der Waals surface area contributed by atoms with Gasteiger partial charge >= 0.3 is 0 Å². The molecule has 0 saturated heterocycles. The van der Waals surface area contributed by atoms with Crippen LogP contribution in [0.25, 0.3) is 0 Å². The van der Waals surface area contributed by atoms with E-state index < -0.39 is 0 Å². The number of nitrogens with zero attached hydrogens (tertiary/aromatic N) is 2. The molecular formula is C13H19N3O. The van der Waals surface area contributed by atoms with Crippen LogP contribution in [-0.4, -0.2) is 22.1 Å². The van der Waals surface area contributed by atoms with E-state index in [4.69, 9.17) is 10.5 Å². The van der Waals surface area contributed by atoms with Crippen molar-refractivity contribution < 1.29 is 4.74 Å². The topological polar surface area (TPSA) is 61.0 Å². The third-order valence-electron chi connectivity index (χ3n) is 3.83. The van der Waals surface area contributed by atoms with E-state index in [1.54, 1.807) is 6.33 Å². The Labute approximate surface area is 102 Å². The van der Waals surface area contributed by atoms with Gasteiger partial charge in [-0.05, 0) is 44.9 Å². The molecule has 0 atom stereocenters. The van der Waals surface area contributed by atoms with Crippen LogP contribution in [0.1, 0.15) is 43.4 Å². The molecule has 1 saturated carbocycles. The number of hydrogen-bond donors (Lipinski definition) is 1. The average molecular weight is 233 g/mol. The second-order valence-electron chi connectivity index (χ2n) is 5.11. The molecule has 0 amide bonds. The van der Waals surface area contributed by atoms with Crippen LogP contribution in [0.4, 0.5) is 0 Å². The predicted octanol–water partition coefficient (Wildman–Crippen LogP) is 1.61. The minimum absolute atomic E-state index is 0.300. The smallest absolute Gasteiger partial charge is 0.220 e. The van der Waals surface area contributed by atoms with E-state index in [1.165, 1.54) is 17.7 Å². The molecule has 0 radical (unpaired) electrons. The van der Waals surface area contributed by atoms with Crippen LogP contribution in [0.5, 0.6) is 5.88 Å². The molecule has 0 bridgehead atoms. The number of nitrogens with two attached hydrogens (primary N) is 1. The lowest BCUT2D eigenvalue weighted by molar-refractivity contribution is 0.139. The van der Waals surface area contributed by atoms with Gasteiger partial charge in [0, 0.05) is 11.6 Å². The molecule has 2 aliphatic carbocycles. The molecule has 92 valence electrons. The SMILES string of the molecule is NC1CCC(Oc2ncnc3c2CCC3)CC1. The van der Waals surface area contributed by atoms with Crippen LogP contribution in [-0.2, 0) is 12.8 Å². The van der Waals surface area contributed by atoms with Crippen molar-refractivity contribution in [3.8, 4) is 5.88 Å². The third-order valence-corrected chi connectivity index (χ3v) is 3.83. The lowest BCUT2D eigenvalue weighted by Gasteiger charge is -2.26. The second kappa shape index (κ2) is 4.61. The quantitative estimate of drug-likeness (QED) is 0.843. The summed E-state index contributed by atoms with van der Waals surface area (Å²) in [6, 6.07) is 0.367. The first kappa shape index (κ1) is 11.0. The zero-order valence-electron chi connectivity index (χ0n) is 10.1. The highest BCUT2D eigenvalue weighted by atomic mass is 16.5. The largest absolute Gasteiger partial charge is 0.474 e. The van der Waals surface area contributed by atoms with Gasteiger partial charge in [-0.1, -0.05) is 0 Å². The third kappa shape index (κ3) is 2.27. The van der Waals surface area contributed by atoms with Crippen molar-refractivity contribution in [3.63, 3.8) is 0 Å². The standard InChI is InChI=1S/C13H19N3O/c14-9-4-6-10(7-5-9)17-13-11-2-1-3-12(11)15-8-16-13/h8-10H,1-7,14H2. The van der Waals surface area contributed by atoms with Gasteiger partial charge in [-0.15, -0.1) is 0 Å². The van der Waals surface area contributed by atoms with E-state index in [0.29, 0.717) is 12.1 Å². The zero-order valence-corrected chi connectivity index (χ0v) is 10.1. The van der Waals surface area contributed by atoms with Gasteiger partial charge in [-0.3, -0.25) is 0 Å². The molecule has 0 unspecified atom stereocenters. The highest BCUT2D eigenvalue weighted by molar-refractivity contribution is 5.33. The van der Waals surface area contributed by atoms with Crippen molar-refractivity contribution in [2.45, 2.75) is 57.1 Å². The number of fused-ring (bicyclic) bond motifs is 1. The summed E-state index contributed by atoms with van der Waals surface area (Å²) in [5, 5.41) is 0. The van der Waals surface area contributed by atoms with Crippen LogP contribution in [0.15, 0.2) is 6.33 Å². The molecule has 0 spiro atoms. The molecule has 17 heavy (non-hydrogen) atoms. The first-order valence-corrected chi connectivity index (χ1v) is 6.58. The Kier molecular flexibility index (Phi) is 2.97. The molecule has 2 aliphatic rings. The van der Waals surface area contributed by atoms with E-state index in [9.17, 15) is 0 Å². The predicted molar refractivity (Wildman–Crippen MR) is 64.9 cm³/mol. The molecule has 4 nitrogen and oxygen atoms in total. The highest BCUT2D eigenvalue weighted by Gasteiger charge is 2.23. The number of ether oxygens (including phenoxy) is 1. The van der Waals surface area contributed by atoms with Crippen LogP contribution >= 0.6 is 0 Å². The van der Waals surface area contributed by atoms with Gasteiger partial charge in [0.25, 0.3) is 0 Å². The van der Waals surface area contributed by atoms with Crippen LogP contribution in [0.2, 0.25) is 0 Å². The Morgan fingerprint density at radius 2 is 1.94 bits per heavy atom. The Morgan fingerprint density at radius 3 is 2.76 bits per heavy atom. The van der Waals surface area contributed by atoms with E-state index in [0.717, 1.165) is 44.4 Å². The maximum absolute atomic E-state index is 6.04. The number of aromatic nitrogens is 2. The maximum atomic E-state index is 6.04. The van der Waals surface area contributed by atoms with Gasteiger partial charge in [-0.25, -0.2) is 9.97 Å². The highest BCUT2D eigenvalue weighted by Crippen LogP contribution is 2.29. The Bertz CT molecular complexity index is 400. The van der Waals surface area contributed by atoms with Gasteiger partial charge in [0.2, 0.25) is 5.88 Å². The first-order chi connectivity index (χ1) is 8.33. The van der Waals surface area contributed by atoms with Gasteiger partial charge in [0.05, 0.1) is 5.69 Å². The second-order valence-corrected chi connectivity index (χ2v) is 5.11. The van der Waals surface area contributed by atoms with E-state index in [1.807, 2.05) is 0 Å². The van der Waals surface area contributed by atoms with Crippen LogP contribution in [0.3, 0.4) is 0 Å². The Morgan fingerprint density at radius 1 is 1.12 bits per heavy atom. The fraction of sp³-hybridized carbons (Fsp3) is 0.692. The molecule has 2 N–H and O–H groups in total. The molecule has 1 aromatic rings. The molecule has 0 aromatic carbocycles. The van der Waals surface area contributed by atoms with Crippen molar-refractivity contribution in [2.24, 2.45) is 5.73 Å². The first-order valence-electron chi connectivity index (χ1n) is 6.58. The van der Waals surface area contributed by atoms with E-state index in [2.05, 4.69) is 9.97 Å². The van der Waals surface area contributed by atoms with Gasteiger partial charge in [0.15, 0.2) is 0 Å². The molecule has 4 heteroatoms.